The first-order valence-corrected chi connectivity index (χ1v) is 9.62. The molecule has 4 aromatic rings. The van der Waals surface area contributed by atoms with Gasteiger partial charge in [-0.05, 0) is 36.4 Å². The van der Waals surface area contributed by atoms with E-state index in [0.717, 1.165) is 51.4 Å². The lowest BCUT2D eigenvalue weighted by molar-refractivity contribution is 0.446. The summed E-state index contributed by atoms with van der Waals surface area (Å²) in [6.45, 7) is 0. The maximum Gasteiger partial charge on any atom is 0.0840 e. The van der Waals surface area contributed by atoms with Gasteiger partial charge in [-0.3, -0.25) is 4.98 Å². The van der Waals surface area contributed by atoms with Crippen LogP contribution in [-0.4, -0.2) is 4.98 Å². The Morgan fingerprint density at radius 2 is 1.76 bits per heavy atom. The lowest BCUT2D eigenvalue weighted by Crippen LogP contribution is -2.04. The molecule has 2 heterocycles. The van der Waals surface area contributed by atoms with Crippen LogP contribution in [0.3, 0.4) is 0 Å². The number of nitrogens with zero attached hydrogens (tertiary/aromatic N) is 1. The molecule has 1 aliphatic carbocycles. The molecule has 0 radical (unpaired) electrons. The number of pyridine rings is 1. The maximum absolute atomic E-state index is 9.14. The number of rotatable bonds is 2. The van der Waals surface area contributed by atoms with Crippen molar-refractivity contribution in [1.29, 1.82) is 0 Å². The Balaban J connectivity index is 1.80. The molecule has 2 aromatic carbocycles. The number of benzene rings is 2. The molecule has 1 nitrogen and oxygen atoms in total. The first-order chi connectivity index (χ1) is 14.4. The number of aromatic nitrogens is 1. The molecule has 0 bridgehead atoms. The van der Waals surface area contributed by atoms with Gasteiger partial charge in [0.25, 0.3) is 0 Å². The van der Waals surface area contributed by atoms with Gasteiger partial charge >= 0.3 is 0 Å². The summed E-state index contributed by atoms with van der Waals surface area (Å²) in [4.78, 5) is 4.19. The molecular formula is C23H21NS. The third kappa shape index (κ3) is 2.56. The first kappa shape index (κ1) is 10.7. The van der Waals surface area contributed by atoms with Gasteiger partial charge in [-0.1, -0.05) is 61.7 Å². The Bertz CT molecular complexity index is 1290. The van der Waals surface area contributed by atoms with E-state index in [1.54, 1.807) is 11.3 Å². The van der Waals surface area contributed by atoms with Crippen LogP contribution in [0.1, 0.15) is 50.4 Å². The van der Waals surface area contributed by atoms with E-state index < -0.39 is 5.89 Å². The second kappa shape index (κ2) is 6.27. The molecule has 5 rings (SSSR count). The molecule has 124 valence electrons. The van der Waals surface area contributed by atoms with E-state index in [-0.39, 0.29) is 30.0 Å². The highest BCUT2D eigenvalue weighted by molar-refractivity contribution is 7.26. The molecule has 1 fully saturated rings. The van der Waals surface area contributed by atoms with Crippen LogP contribution in [0.4, 0.5) is 0 Å². The minimum Gasteiger partial charge on any atom is -0.256 e. The summed E-state index contributed by atoms with van der Waals surface area (Å²) in [5, 5.41) is 2.15. The first-order valence-electron chi connectivity index (χ1n) is 11.3. The van der Waals surface area contributed by atoms with Gasteiger partial charge in [-0.2, -0.15) is 0 Å². The van der Waals surface area contributed by atoms with Gasteiger partial charge in [0.05, 0.1) is 11.2 Å². The minimum atomic E-state index is -0.562. The van der Waals surface area contributed by atoms with Crippen LogP contribution in [-0.2, 0) is 0 Å². The van der Waals surface area contributed by atoms with Gasteiger partial charge < -0.3 is 0 Å². The van der Waals surface area contributed by atoms with Crippen LogP contribution in [0.5, 0.6) is 0 Å². The molecule has 0 unspecified atom stereocenters. The average molecular weight is 349 g/mol. The van der Waals surface area contributed by atoms with Crippen molar-refractivity contribution in [2.24, 2.45) is 0 Å². The Morgan fingerprint density at radius 1 is 0.960 bits per heavy atom. The zero-order valence-electron chi connectivity index (χ0n) is 18.9. The van der Waals surface area contributed by atoms with Crippen molar-refractivity contribution in [3.8, 4) is 11.3 Å². The van der Waals surface area contributed by atoms with Crippen LogP contribution >= 0.6 is 11.3 Å². The van der Waals surface area contributed by atoms with Crippen molar-refractivity contribution in [2.75, 3.05) is 0 Å². The molecule has 0 atom stereocenters. The topological polar surface area (TPSA) is 12.9 Å². The highest BCUT2D eigenvalue weighted by Gasteiger charge is 2.20. The second-order valence-corrected chi connectivity index (χ2v) is 7.60. The molecule has 0 spiro atoms. The Kier molecular flexibility index (Phi) is 2.69. The Labute approximate surface area is 159 Å². The van der Waals surface area contributed by atoms with Crippen LogP contribution in [0.15, 0.2) is 60.7 Å². The summed E-state index contributed by atoms with van der Waals surface area (Å²) in [7, 11) is 0. The number of hydrogen-bond donors (Lipinski definition) is 0. The zero-order chi connectivity index (χ0) is 21.0. The predicted octanol–water partition coefficient (Wildman–Crippen LogP) is 7.16. The zero-order valence-corrected chi connectivity index (χ0v) is 14.7. The highest BCUT2D eigenvalue weighted by Crippen LogP contribution is 2.44. The summed E-state index contributed by atoms with van der Waals surface area (Å²) in [5.41, 5.74) is 2.07. The summed E-state index contributed by atoms with van der Waals surface area (Å²) in [5.74, 6) is -0.562. The largest absolute Gasteiger partial charge is 0.256 e. The molecule has 0 N–H and O–H groups in total. The lowest BCUT2D eigenvalue weighted by Gasteiger charge is -2.22. The molecule has 1 aliphatic rings. The molecular weight excluding hydrogens is 322 g/mol. The van der Waals surface area contributed by atoms with Crippen molar-refractivity contribution >= 4 is 31.5 Å². The van der Waals surface area contributed by atoms with Gasteiger partial charge in [-0.15, -0.1) is 11.3 Å². The molecule has 0 amide bonds. The van der Waals surface area contributed by atoms with Gasteiger partial charge in [0, 0.05) is 33.3 Å². The van der Waals surface area contributed by atoms with Crippen molar-refractivity contribution in [2.45, 2.75) is 38.0 Å². The molecule has 0 aliphatic heterocycles. The van der Waals surface area contributed by atoms with Crippen molar-refractivity contribution in [1.82, 2.24) is 4.98 Å². The fraction of sp³-hybridized carbons (Fsp3) is 0.261. The van der Waals surface area contributed by atoms with E-state index in [4.69, 9.17) is 6.85 Å². The van der Waals surface area contributed by atoms with Gasteiger partial charge in [-0.25, -0.2) is 0 Å². The quantitative estimate of drug-likeness (QED) is 0.374. The van der Waals surface area contributed by atoms with Crippen molar-refractivity contribution in [3.63, 3.8) is 0 Å². The smallest absolute Gasteiger partial charge is 0.0840 e. The van der Waals surface area contributed by atoms with Gasteiger partial charge in [0.15, 0.2) is 0 Å². The normalized spacial score (nSPS) is 19.9. The third-order valence-electron chi connectivity index (χ3n) is 5.08. The van der Waals surface area contributed by atoms with Gasteiger partial charge in [0.2, 0.25) is 0 Å². The number of hydrogen-bond acceptors (Lipinski definition) is 2. The third-order valence-corrected chi connectivity index (χ3v) is 6.37. The highest BCUT2D eigenvalue weighted by atomic mass is 32.1. The van der Waals surface area contributed by atoms with E-state index in [0.29, 0.717) is 5.56 Å². The monoisotopic (exact) mass is 348 g/mol. The molecule has 25 heavy (non-hydrogen) atoms. The van der Waals surface area contributed by atoms with Gasteiger partial charge in [0.1, 0.15) is 0 Å². The SMILES string of the molecule is [2H]c1nc(-c2cccc3c2sc2c(C4([2H])CCCCC4)cccc23)c([2H])c([2H])c1[2H]. The standard InChI is InChI=1S/C23H21NS/c1-2-8-16(9-3-1)17-10-6-11-18-19-12-7-13-20(23(19)25-22(17)18)21-14-4-5-15-24-21/h4-7,10-16H,1-3,8-9H2/i4D,5D,14D,15D,16D. The maximum atomic E-state index is 9.14. The molecule has 0 saturated heterocycles. The predicted molar refractivity (Wildman–Crippen MR) is 108 cm³/mol. The second-order valence-electron chi connectivity index (χ2n) is 6.58. The van der Waals surface area contributed by atoms with E-state index in [2.05, 4.69) is 17.1 Å². The lowest BCUT2D eigenvalue weighted by atomic mass is 9.83. The Hall–Kier alpha value is -2.19. The Morgan fingerprint density at radius 3 is 2.64 bits per heavy atom. The van der Waals surface area contributed by atoms with Crippen molar-refractivity contribution < 1.29 is 6.85 Å². The fourth-order valence-corrected chi connectivity index (χ4v) is 5.27. The summed E-state index contributed by atoms with van der Waals surface area (Å²) >= 11 is 1.61. The van der Waals surface area contributed by atoms with E-state index in [9.17, 15) is 0 Å². The van der Waals surface area contributed by atoms with Crippen LogP contribution < -0.4 is 0 Å². The fourth-order valence-electron chi connectivity index (χ4n) is 3.89. The molecule has 1 saturated carbocycles. The van der Waals surface area contributed by atoms with Crippen LogP contribution in [0, 0.1) is 0 Å². The average Bonchev–Trinajstić information content (AvgIpc) is 3.14. The number of thiophene rings is 1. The summed E-state index contributed by atoms with van der Waals surface area (Å²) < 4.78 is 43.3. The van der Waals surface area contributed by atoms with E-state index in [1.165, 1.54) is 6.42 Å². The molecule has 2 aromatic heterocycles. The minimum absolute atomic E-state index is 0.120. The van der Waals surface area contributed by atoms with Crippen LogP contribution in [0.2, 0.25) is 0 Å². The van der Waals surface area contributed by atoms with Crippen molar-refractivity contribution in [3.05, 3.63) is 66.3 Å². The molecule has 2 heteroatoms. The van der Waals surface area contributed by atoms with Crippen LogP contribution in [0.25, 0.3) is 31.4 Å². The number of fused-ring (bicyclic) bond motifs is 3. The van der Waals surface area contributed by atoms with E-state index in [1.807, 2.05) is 24.3 Å². The summed E-state index contributed by atoms with van der Waals surface area (Å²) in [6.07, 6.45) is 4.84. The summed E-state index contributed by atoms with van der Waals surface area (Å²) in [6, 6.07) is 11.3. The van der Waals surface area contributed by atoms with E-state index >= 15 is 0 Å².